The highest BCUT2D eigenvalue weighted by Crippen LogP contribution is 2.46. The molecule has 0 radical (unpaired) electrons. The molecular formula is C38H46FNO8S. The molecule has 11 heteroatoms. The van der Waals surface area contributed by atoms with Crippen LogP contribution in [0.15, 0.2) is 72.8 Å². The first kappa shape index (κ1) is 37.7. The van der Waals surface area contributed by atoms with Gasteiger partial charge >= 0.3 is 11.9 Å². The summed E-state index contributed by atoms with van der Waals surface area (Å²) in [6.07, 6.45) is 7.00. The van der Waals surface area contributed by atoms with Crippen molar-refractivity contribution < 1.29 is 42.5 Å². The fourth-order valence-electron chi connectivity index (χ4n) is 6.49. The summed E-state index contributed by atoms with van der Waals surface area (Å²) in [4.78, 5) is 38.1. The van der Waals surface area contributed by atoms with Gasteiger partial charge in [-0.25, -0.2) is 22.4 Å². The number of carbonyl (C=O) groups excluding carboxylic acids is 1. The predicted molar refractivity (Wildman–Crippen MR) is 186 cm³/mol. The highest BCUT2D eigenvalue weighted by Gasteiger charge is 2.48. The van der Waals surface area contributed by atoms with E-state index in [-0.39, 0.29) is 41.8 Å². The Morgan fingerprint density at radius 2 is 1.39 bits per heavy atom. The quantitative estimate of drug-likeness (QED) is 0.0733. The number of unbranched alkanes of at least 4 members (excludes halogenated alkanes) is 3. The van der Waals surface area contributed by atoms with Gasteiger partial charge in [-0.15, -0.1) is 0 Å². The van der Waals surface area contributed by atoms with Crippen molar-refractivity contribution in [1.29, 1.82) is 0 Å². The molecule has 1 saturated heterocycles. The zero-order chi connectivity index (χ0) is 35.8. The molecule has 3 atom stereocenters. The summed E-state index contributed by atoms with van der Waals surface area (Å²) in [7, 11) is -2.93. The van der Waals surface area contributed by atoms with Gasteiger partial charge in [-0.05, 0) is 104 Å². The zero-order valence-corrected chi connectivity index (χ0v) is 28.9. The highest BCUT2D eigenvalue weighted by atomic mass is 32.2. The maximum absolute atomic E-state index is 13.7. The van der Waals surface area contributed by atoms with Gasteiger partial charge in [0.25, 0.3) is 5.60 Å². The smallest absolute Gasteiger partial charge is 0.347 e. The molecule has 0 spiro atoms. The number of anilines is 1. The molecular weight excluding hydrogens is 649 g/mol. The number of carboxylic acids is 2. The van der Waals surface area contributed by atoms with Gasteiger partial charge in [0.2, 0.25) is 5.91 Å². The van der Waals surface area contributed by atoms with Crippen molar-refractivity contribution in [1.82, 2.24) is 0 Å². The zero-order valence-electron chi connectivity index (χ0n) is 28.1. The molecule has 3 aromatic carbocycles. The number of aryl methyl sites for hydroxylation is 2. The molecule has 0 unspecified atom stereocenters. The minimum Gasteiger partial charge on any atom is -0.479 e. The number of aliphatic carboxylic acids is 2. The first-order valence-electron chi connectivity index (χ1n) is 16.8. The number of hydrogen-bond acceptors (Lipinski definition) is 6. The molecule has 1 heterocycles. The van der Waals surface area contributed by atoms with Crippen LogP contribution in [0.25, 0.3) is 0 Å². The fourth-order valence-corrected chi connectivity index (χ4v) is 7.22. The van der Waals surface area contributed by atoms with Gasteiger partial charge in [0.1, 0.15) is 15.7 Å². The first-order valence-corrected chi connectivity index (χ1v) is 18.9. The number of aliphatic hydroxyl groups is 1. The summed E-state index contributed by atoms with van der Waals surface area (Å²) >= 11 is 0. The maximum Gasteiger partial charge on any atom is 0.347 e. The summed E-state index contributed by atoms with van der Waals surface area (Å²) in [5, 5.41) is 28.3. The Morgan fingerprint density at radius 3 is 1.96 bits per heavy atom. The summed E-state index contributed by atoms with van der Waals surface area (Å²) < 4.78 is 36.1. The topological polar surface area (TPSA) is 149 Å². The van der Waals surface area contributed by atoms with E-state index < -0.39 is 33.8 Å². The molecule has 0 aromatic heterocycles. The number of benzene rings is 3. The lowest BCUT2D eigenvalue weighted by Crippen LogP contribution is -2.55. The van der Waals surface area contributed by atoms with Gasteiger partial charge in [-0.2, -0.15) is 0 Å². The molecule has 9 nitrogen and oxygen atoms in total. The van der Waals surface area contributed by atoms with Crippen LogP contribution in [0.5, 0.6) is 0 Å². The Balaban J connectivity index is 1.44. The molecule has 3 N–H and O–H groups in total. The van der Waals surface area contributed by atoms with E-state index in [1.807, 2.05) is 53.4 Å². The Morgan fingerprint density at radius 1 is 0.837 bits per heavy atom. The van der Waals surface area contributed by atoms with E-state index in [4.69, 9.17) is 10.2 Å². The van der Waals surface area contributed by atoms with E-state index in [1.54, 1.807) is 12.1 Å². The van der Waals surface area contributed by atoms with Crippen LogP contribution < -0.4 is 4.90 Å². The van der Waals surface area contributed by atoms with E-state index in [1.165, 1.54) is 18.4 Å². The largest absolute Gasteiger partial charge is 0.479 e. The Kier molecular flexibility index (Phi) is 12.7. The summed E-state index contributed by atoms with van der Waals surface area (Å²) in [6, 6.07) is 21.8. The number of halogens is 1. The van der Waals surface area contributed by atoms with Crippen molar-refractivity contribution in [2.75, 3.05) is 16.9 Å². The standard InChI is InChI=1S/C38H46FNO8S/c1-26(29-17-19-31(39)20-18-29)10-23-33-34(30-15-11-28(12-16-30)9-7-24-38(46,36(42)43)37(44)45)40(35(33)41)32-21-13-27(14-22-32)8-5-3-4-6-25-49(2,47)48/h11-22,26,33-34,46H,3-10,23-25H2,1-2H3,(H,42,43)(H,44,45)/t26-,33+,34+/m0/s1. The van der Waals surface area contributed by atoms with Crippen molar-refractivity contribution >= 4 is 33.4 Å². The van der Waals surface area contributed by atoms with Crippen molar-refractivity contribution in [2.24, 2.45) is 5.92 Å². The fraction of sp³-hybridized carbons (Fsp3) is 0.447. The molecule has 1 amide bonds. The number of nitrogens with zero attached hydrogens (tertiary/aromatic N) is 1. The van der Waals surface area contributed by atoms with E-state index in [2.05, 4.69) is 6.92 Å². The molecule has 1 aliphatic heterocycles. The lowest BCUT2D eigenvalue weighted by Gasteiger charge is -2.48. The van der Waals surface area contributed by atoms with Crippen LogP contribution in [0.2, 0.25) is 0 Å². The van der Waals surface area contributed by atoms with Crippen LogP contribution in [-0.2, 0) is 37.1 Å². The number of amides is 1. The van der Waals surface area contributed by atoms with Crippen molar-refractivity contribution in [3.8, 4) is 0 Å². The normalized spacial score (nSPS) is 17.1. The molecule has 1 aliphatic rings. The number of sulfone groups is 1. The van der Waals surface area contributed by atoms with Crippen LogP contribution in [0, 0.1) is 11.7 Å². The third-order valence-corrected chi connectivity index (χ3v) is 10.6. The summed E-state index contributed by atoms with van der Waals surface area (Å²) in [5.74, 6) is -3.77. The minimum atomic E-state index is -2.93. The SMILES string of the molecule is C[C@@H](CC[C@H]1C(=O)N(c2ccc(CCCCCCS(C)(=O)=O)cc2)[C@@H]1c1ccc(CCCC(O)(C(=O)O)C(=O)O)cc1)c1ccc(F)cc1. The van der Waals surface area contributed by atoms with Gasteiger partial charge in [-0.3, -0.25) is 4.79 Å². The van der Waals surface area contributed by atoms with Gasteiger partial charge in [0.15, 0.2) is 0 Å². The highest BCUT2D eigenvalue weighted by molar-refractivity contribution is 7.90. The first-order chi connectivity index (χ1) is 23.2. The number of rotatable bonds is 19. The molecule has 3 aromatic rings. The Bertz CT molecular complexity index is 1680. The van der Waals surface area contributed by atoms with E-state index in [0.717, 1.165) is 60.0 Å². The maximum atomic E-state index is 13.7. The van der Waals surface area contributed by atoms with Crippen molar-refractivity contribution in [2.45, 2.75) is 88.7 Å². The molecule has 0 saturated carbocycles. The molecule has 0 bridgehead atoms. The molecule has 1 fully saturated rings. The average molecular weight is 696 g/mol. The van der Waals surface area contributed by atoms with Crippen LogP contribution >= 0.6 is 0 Å². The Labute approximate surface area is 287 Å². The van der Waals surface area contributed by atoms with Crippen molar-refractivity contribution in [3.63, 3.8) is 0 Å². The van der Waals surface area contributed by atoms with Gasteiger partial charge in [0, 0.05) is 17.7 Å². The average Bonchev–Trinajstić information content (AvgIpc) is 3.05. The number of carboxylic acid groups (broad SMARTS) is 2. The summed E-state index contributed by atoms with van der Waals surface area (Å²) in [6.45, 7) is 2.07. The monoisotopic (exact) mass is 695 g/mol. The van der Waals surface area contributed by atoms with E-state index in [0.29, 0.717) is 19.3 Å². The van der Waals surface area contributed by atoms with Gasteiger partial charge in [-0.1, -0.05) is 68.3 Å². The Hall–Kier alpha value is -4.09. The lowest BCUT2D eigenvalue weighted by atomic mass is 9.77. The molecule has 49 heavy (non-hydrogen) atoms. The third kappa shape index (κ3) is 9.98. The lowest BCUT2D eigenvalue weighted by molar-refractivity contribution is -0.176. The molecule has 0 aliphatic carbocycles. The summed E-state index contributed by atoms with van der Waals surface area (Å²) in [5.41, 5.74) is 1.90. The molecule has 4 rings (SSSR count). The second-order valence-electron chi connectivity index (χ2n) is 13.3. The predicted octanol–water partition coefficient (Wildman–Crippen LogP) is 6.48. The van der Waals surface area contributed by atoms with Crippen LogP contribution in [-0.4, -0.2) is 59.2 Å². The second-order valence-corrected chi connectivity index (χ2v) is 15.6. The minimum absolute atomic E-state index is 0.0284. The van der Waals surface area contributed by atoms with Crippen molar-refractivity contribution in [3.05, 3.63) is 101 Å². The molecule has 264 valence electrons. The van der Waals surface area contributed by atoms with Crippen LogP contribution in [0.1, 0.15) is 92.5 Å². The van der Waals surface area contributed by atoms with Gasteiger partial charge in [0.05, 0.1) is 12.0 Å². The second kappa shape index (κ2) is 16.5. The van der Waals surface area contributed by atoms with Crippen LogP contribution in [0.3, 0.4) is 0 Å². The van der Waals surface area contributed by atoms with Crippen LogP contribution in [0.4, 0.5) is 10.1 Å². The van der Waals surface area contributed by atoms with E-state index in [9.17, 15) is 32.3 Å². The number of β-lactam (4-membered cyclic amide) rings is 1. The van der Waals surface area contributed by atoms with Gasteiger partial charge < -0.3 is 20.2 Å². The number of hydrogen-bond donors (Lipinski definition) is 3. The number of carbonyl (C=O) groups is 3. The third-order valence-electron chi connectivity index (χ3n) is 9.54. The van der Waals surface area contributed by atoms with E-state index >= 15 is 0 Å².